The molecule has 0 amide bonds. The van der Waals surface area contributed by atoms with E-state index in [9.17, 15) is 14.3 Å². The third-order valence-electron chi connectivity index (χ3n) is 7.15. The summed E-state index contributed by atoms with van der Waals surface area (Å²) in [6.07, 6.45) is 3.90. The van der Waals surface area contributed by atoms with E-state index in [2.05, 4.69) is 23.1 Å². The van der Waals surface area contributed by atoms with Gasteiger partial charge in [0, 0.05) is 30.5 Å². The lowest BCUT2D eigenvalue weighted by atomic mass is 9.85. The number of anilines is 2. The van der Waals surface area contributed by atoms with Gasteiger partial charge < -0.3 is 19.0 Å². The predicted molar refractivity (Wildman–Crippen MR) is 145 cm³/mol. The molecule has 8 heteroatoms. The lowest BCUT2D eigenvalue weighted by Gasteiger charge is -2.37. The summed E-state index contributed by atoms with van der Waals surface area (Å²) in [6.45, 7) is 14.3. The molecule has 1 fully saturated rings. The van der Waals surface area contributed by atoms with Gasteiger partial charge in [0.05, 0.1) is 23.5 Å². The van der Waals surface area contributed by atoms with Crippen LogP contribution in [-0.4, -0.2) is 41.0 Å². The maximum atomic E-state index is 14.1. The minimum absolute atomic E-state index is 0.214. The number of fused-ring (bicyclic) bond motifs is 3. The number of carbonyl (C=O) groups is 1. The number of carboxylic acids is 1. The van der Waals surface area contributed by atoms with Gasteiger partial charge in [-0.3, -0.25) is 0 Å². The largest absolute Gasteiger partial charge is 0.479 e. The number of aliphatic carboxylic acids is 1. The quantitative estimate of drug-likeness (QED) is 0.442. The fourth-order valence-corrected chi connectivity index (χ4v) is 5.95. The second-order valence-corrected chi connectivity index (χ2v) is 12.5. The molecule has 6 nitrogen and oxygen atoms in total. The zero-order valence-electron chi connectivity index (χ0n) is 22.4. The second kappa shape index (κ2) is 9.86. The zero-order chi connectivity index (χ0) is 26.4. The molecule has 0 aliphatic carbocycles. The smallest absolute Gasteiger partial charge is 0.337 e. The molecule has 36 heavy (non-hydrogen) atoms. The maximum absolute atomic E-state index is 14.1. The average Bonchev–Trinajstić information content (AvgIpc) is 2.96. The number of hydrogen-bond donors (Lipinski definition) is 1. The Hall–Kier alpha value is -2.32. The third kappa shape index (κ3) is 5.35. The lowest BCUT2D eigenvalue weighted by molar-refractivity contribution is -0.160. The van der Waals surface area contributed by atoms with Crippen molar-refractivity contribution in [3.63, 3.8) is 0 Å². The minimum atomic E-state index is -1.16. The molecule has 0 saturated carbocycles. The number of halogens is 1. The van der Waals surface area contributed by atoms with Crippen molar-refractivity contribution >= 4 is 29.4 Å². The van der Waals surface area contributed by atoms with Crippen LogP contribution in [0.5, 0.6) is 0 Å². The number of nitrogens with zero attached hydrogens (tertiary/aromatic N) is 3. The molecule has 4 rings (SSSR count). The normalized spacial score (nSPS) is 18.3. The molecular formula is C28H38FN3O3S. The second-order valence-electron chi connectivity index (χ2n) is 11.6. The molecule has 1 aromatic heterocycles. The van der Waals surface area contributed by atoms with Crippen molar-refractivity contribution in [2.24, 2.45) is 5.41 Å². The summed E-state index contributed by atoms with van der Waals surface area (Å²) in [6, 6.07) is 4.84. The highest BCUT2D eigenvalue weighted by Gasteiger charge is 2.38. The Labute approximate surface area is 218 Å². The van der Waals surface area contributed by atoms with Crippen LogP contribution in [0.25, 0.3) is 11.3 Å². The van der Waals surface area contributed by atoms with E-state index in [1.54, 1.807) is 12.1 Å². The zero-order valence-corrected chi connectivity index (χ0v) is 23.3. The first-order valence-electron chi connectivity index (χ1n) is 12.6. The Bertz CT molecular complexity index is 1160. The molecule has 3 heterocycles. The molecule has 0 spiro atoms. The minimum Gasteiger partial charge on any atom is -0.479 e. The first kappa shape index (κ1) is 26.7. The van der Waals surface area contributed by atoms with Crippen LogP contribution < -0.4 is 9.21 Å². The van der Waals surface area contributed by atoms with Gasteiger partial charge in [-0.15, -0.1) is 0 Å². The van der Waals surface area contributed by atoms with Crippen molar-refractivity contribution in [1.82, 2.24) is 4.98 Å². The summed E-state index contributed by atoms with van der Waals surface area (Å²) >= 11 is 1.53. The van der Waals surface area contributed by atoms with Crippen LogP contribution in [-0.2, 0) is 16.1 Å². The molecule has 1 atom stereocenters. The summed E-state index contributed by atoms with van der Waals surface area (Å²) in [4.78, 5) is 20.1. The van der Waals surface area contributed by atoms with E-state index in [-0.39, 0.29) is 11.2 Å². The monoisotopic (exact) mass is 515 g/mol. The number of hydrogen-bond acceptors (Lipinski definition) is 6. The number of pyridine rings is 1. The lowest BCUT2D eigenvalue weighted by Crippen LogP contribution is -2.33. The number of aromatic nitrogens is 1. The van der Waals surface area contributed by atoms with Crippen LogP contribution in [0.1, 0.15) is 76.7 Å². The van der Waals surface area contributed by atoms with Crippen molar-refractivity contribution in [3.05, 3.63) is 40.7 Å². The van der Waals surface area contributed by atoms with Crippen molar-refractivity contribution < 1.29 is 19.0 Å². The van der Waals surface area contributed by atoms with E-state index in [0.29, 0.717) is 17.9 Å². The molecule has 1 N–H and O–H groups in total. The number of carboxylic acid groups (broad SMARTS) is 1. The van der Waals surface area contributed by atoms with Gasteiger partial charge in [0.2, 0.25) is 0 Å². The van der Waals surface area contributed by atoms with E-state index in [4.69, 9.17) is 9.72 Å². The summed E-state index contributed by atoms with van der Waals surface area (Å²) < 4.78 is 22.4. The summed E-state index contributed by atoms with van der Waals surface area (Å²) in [5.41, 5.74) is 4.43. The van der Waals surface area contributed by atoms with Crippen LogP contribution in [0.3, 0.4) is 0 Å². The van der Waals surface area contributed by atoms with Gasteiger partial charge in [0.15, 0.2) is 6.10 Å². The highest BCUT2D eigenvalue weighted by Crippen LogP contribution is 2.48. The Balaban J connectivity index is 1.99. The van der Waals surface area contributed by atoms with E-state index < -0.39 is 17.7 Å². The SMILES string of the molecule is CSN1Cc2cc(F)ccc2-c2nc(N3CCCC(C)(C)CC3)c(C(OC(C)(C)C)C(=O)O)c(C)c21. The van der Waals surface area contributed by atoms with Gasteiger partial charge in [0.1, 0.15) is 11.6 Å². The van der Waals surface area contributed by atoms with Gasteiger partial charge in [-0.2, -0.15) is 0 Å². The van der Waals surface area contributed by atoms with Crippen LogP contribution in [0, 0.1) is 18.2 Å². The highest BCUT2D eigenvalue weighted by atomic mass is 32.2. The molecule has 0 radical (unpaired) electrons. The van der Waals surface area contributed by atoms with Gasteiger partial charge in [-0.05, 0) is 81.7 Å². The molecule has 196 valence electrons. The van der Waals surface area contributed by atoms with E-state index in [1.807, 2.05) is 34.0 Å². The molecule has 2 aromatic rings. The molecule has 1 saturated heterocycles. The first-order chi connectivity index (χ1) is 16.8. The number of benzene rings is 1. The Kier molecular flexibility index (Phi) is 7.32. The van der Waals surface area contributed by atoms with Crippen LogP contribution in [0.15, 0.2) is 18.2 Å². The van der Waals surface area contributed by atoms with Crippen LogP contribution in [0.2, 0.25) is 0 Å². The van der Waals surface area contributed by atoms with Crippen molar-refractivity contribution in [2.75, 3.05) is 28.6 Å². The number of rotatable bonds is 5. The highest BCUT2D eigenvalue weighted by molar-refractivity contribution is 7.99. The molecular weight excluding hydrogens is 477 g/mol. The van der Waals surface area contributed by atoms with Crippen LogP contribution >= 0.6 is 11.9 Å². The van der Waals surface area contributed by atoms with E-state index in [0.717, 1.165) is 60.4 Å². The molecule has 1 aromatic carbocycles. The molecule has 0 bridgehead atoms. The topological polar surface area (TPSA) is 65.9 Å². The van der Waals surface area contributed by atoms with Crippen molar-refractivity contribution in [2.45, 2.75) is 79.1 Å². The average molecular weight is 516 g/mol. The Morgan fingerprint density at radius 2 is 1.97 bits per heavy atom. The Morgan fingerprint density at radius 3 is 2.61 bits per heavy atom. The van der Waals surface area contributed by atoms with Gasteiger partial charge >= 0.3 is 5.97 Å². The van der Waals surface area contributed by atoms with Gasteiger partial charge in [-0.1, -0.05) is 25.8 Å². The summed E-state index contributed by atoms with van der Waals surface area (Å²) in [7, 11) is 0. The molecule has 1 unspecified atom stereocenters. The predicted octanol–water partition coefficient (Wildman–Crippen LogP) is 6.75. The van der Waals surface area contributed by atoms with E-state index in [1.165, 1.54) is 18.0 Å². The third-order valence-corrected chi connectivity index (χ3v) is 7.90. The first-order valence-corrected chi connectivity index (χ1v) is 13.8. The maximum Gasteiger partial charge on any atom is 0.337 e. The van der Waals surface area contributed by atoms with Gasteiger partial charge in [0.25, 0.3) is 0 Å². The fourth-order valence-electron chi connectivity index (χ4n) is 5.27. The fraction of sp³-hybridized carbons (Fsp3) is 0.571. The van der Waals surface area contributed by atoms with E-state index >= 15 is 0 Å². The standard InChI is InChI=1S/C28H38FN3O3S/c1-17-21(24(26(33)34)35-27(2,3)4)25(31-13-8-11-28(5,6)12-14-31)30-22-20-10-9-19(29)15-18(20)16-32(36-7)23(17)22/h9-10,15,24H,8,11-14,16H2,1-7H3,(H,33,34). The summed E-state index contributed by atoms with van der Waals surface area (Å²) in [5.74, 6) is -0.634. The number of ether oxygens (including phenoxy) is 1. The van der Waals surface area contributed by atoms with Crippen LogP contribution in [0.4, 0.5) is 15.9 Å². The summed E-state index contributed by atoms with van der Waals surface area (Å²) in [5, 5.41) is 10.4. The van der Waals surface area contributed by atoms with Crippen molar-refractivity contribution in [3.8, 4) is 11.3 Å². The van der Waals surface area contributed by atoms with Crippen molar-refractivity contribution in [1.29, 1.82) is 0 Å². The molecule has 2 aliphatic heterocycles. The van der Waals surface area contributed by atoms with Gasteiger partial charge in [-0.25, -0.2) is 14.2 Å². The Morgan fingerprint density at radius 1 is 1.25 bits per heavy atom. The molecule has 2 aliphatic rings.